The Bertz CT molecular complexity index is 551. The zero-order chi connectivity index (χ0) is 15.2. The van der Waals surface area contributed by atoms with E-state index in [1.54, 1.807) is 0 Å². The first-order chi connectivity index (χ1) is 10.1. The molecule has 0 radical (unpaired) electrons. The Hall–Kier alpha value is -1.33. The van der Waals surface area contributed by atoms with E-state index in [2.05, 4.69) is 48.4 Å². The number of likely N-dealkylation sites (N-methyl/N-ethyl adjacent to an activating group) is 1. The molecular formula is C16H23N3OS. The summed E-state index contributed by atoms with van der Waals surface area (Å²) in [5.74, 6) is 2.95. The highest BCUT2D eigenvalue weighted by atomic mass is 32.2. The van der Waals surface area contributed by atoms with Gasteiger partial charge in [-0.3, -0.25) is 0 Å². The molecule has 21 heavy (non-hydrogen) atoms. The first-order valence-corrected chi connectivity index (χ1v) is 8.35. The lowest BCUT2D eigenvalue weighted by Gasteiger charge is -2.17. The van der Waals surface area contributed by atoms with Crippen molar-refractivity contribution in [2.75, 3.05) is 12.8 Å². The molecule has 0 saturated carbocycles. The van der Waals surface area contributed by atoms with Crippen molar-refractivity contribution in [1.82, 2.24) is 15.5 Å². The Kier molecular flexibility index (Phi) is 5.82. The van der Waals surface area contributed by atoms with Gasteiger partial charge in [0.25, 0.3) is 0 Å². The molecule has 2 aromatic rings. The van der Waals surface area contributed by atoms with Gasteiger partial charge in [-0.2, -0.15) is 4.98 Å². The third-order valence-corrected chi connectivity index (χ3v) is 4.36. The molecule has 1 atom stereocenters. The molecule has 0 spiro atoms. The molecule has 5 heteroatoms. The monoisotopic (exact) mass is 305 g/mol. The fraction of sp³-hybridized carbons (Fsp3) is 0.500. The van der Waals surface area contributed by atoms with Gasteiger partial charge in [0.2, 0.25) is 11.7 Å². The molecule has 0 fully saturated rings. The van der Waals surface area contributed by atoms with Crippen molar-refractivity contribution < 1.29 is 4.52 Å². The lowest BCUT2D eigenvalue weighted by molar-refractivity contribution is 0.335. The number of thioether (sulfide) groups is 1. The van der Waals surface area contributed by atoms with Crippen LogP contribution in [0.3, 0.4) is 0 Å². The maximum absolute atomic E-state index is 5.37. The van der Waals surface area contributed by atoms with E-state index in [1.165, 1.54) is 4.90 Å². The molecule has 1 N–H and O–H groups in total. The Balaban J connectivity index is 2.08. The SMILES string of the molecule is CCSc1ccc(-c2noc(CC(NC)C(C)C)n2)cc1. The Labute approximate surface area is 130 Å². The minimum absolute atomic E-state index is 0.349. The maximum Gasteiger partial charge on any atom is 0.228 e. The van der Waals surface area contributed by atoms with Gasteiger partial charge < -0.3 is 9.84 Å². The van der Waals surface area contributed by atoms with Crippen LogP contribution in [0.5, 0.6) is 0 Å². The predicted molar refractivity (Wildman–Crippen MR) is 87.5 cm³/mol. The summed E-state index contributed by atoms with van der Waals surface area (Å²) in [5.41, 5.74) is 0.996. The lowest BCUT2D eigenvalue weighted by Crippen LogP contribution is -2.32. The standard InChI is InChI=1S/C16H23N3OS/c1-5-21-13-8-6-12(7-9-13)16-18-15(20-19-16)10-14(17-4)11(2)3/h6-9,11,14,17H,5,10H2,1-4H3. The minimum Gasteiger partial charge on any atom is -0.339 e. The zero-order valence-electron chi connectivity index (χ0n) is 13.1. The summed E-state index contributed by atoms with van der Waals surface area (Å²) >= 11 is 1.83. The van der Waals surface area contributed by atoms with Crippen LogP contribution in [0.4, 0.5) is 0 Å². The Morgan fingerprint density at radius 3 is 2.52 bits per heavy atom. The number of nitrogens with one attached hydrogen (secondary N) is 1. The van der Waals surface area contributed by atoms with E-state index >= 15 is 0 Å². The summed E-state index contributed by atoms with van der Waals surface area (Å²) in [6, 6.07) is 8.64. The highest BCUT2D eigenvalue weighted by molar-refractivity contribution is 7.99. The van der Waals surface area contributed by atoms with E-state index in [0.717, 1.165) is 17.7 Å². The minimum atomic E-state index is 0.349. The molecule has 0 aliphatic heterocycles. The molecule has 0 saturated heterocycles. The maximum atomic E-state index is 5.37. The quantitative estimate of drug-likeness (QED) is 0.792. The van der Waals surface area contributed by atoms with Crippen LogP contribution >= 0.6 is 11.8 Å². The first-order valence-electron chi connectivity index (χ1n) is 7.37. The van der Waals surface area contributed by atoms with Crippen molar-refractivity contribution in [2.24, 2.45) is 5.92 Å². The highest BCUT2D eigenvalue weighted by Crippen LogP contribution is 2.22. The van der Waals surface area contributed by atoms with E-state index < -0.39 is 0 Å². The van der Waals surface area contributed by atoms with Crippen LogP contribution in [0.15, 0.2) is 33.7 Å². The van der Waals surface area contributed by atoms with Gasteiger partial charge in [-0.15, -0.1) is 11.8 Å². The second-order valence-electron chi connectivity index (χ2n) is 5.31. The van der Waals surface area contributed by atoms with E-state index in [-0.39, 0.29) is 0 Å². The normalized spacial score (nSPS) is 12.8. The molecular weight excluding hydrogens is 282 g/mol. The summed E-state index contributed by atoms with van der Waals surface area (Å²) in [7, 11) is 1.96. The highest BCUT2D eigenvalue weighted by Gasteiger charge is 2.16. The van der Waals surface area contributed by atoms with Gasteiger partial charge in [0, 0.05) is 22.9 Å². The number of rotatable bonds is 7. The summed E-state index contributed by atoms with van der Waals surface area (Å²) in [6.07, 6.45) is 0.755. The van der Waals surface area contributed by atoms with Crippen molar-refractivity contribution in [1.29, 1.82) is 0 Å². The van der Waals surface area contributed by atoms with E-state index in [0.29, 0.717) is 23.7 Å². The van der Waals surface area contributed by atoms with Crippen LogP contribution in [-0.2, 0) is 6.42 Å². The summed E-state index contributed by atoms with van der Waals surface area (Å²) < 4.78 is 5.37. The number of hydrogen-bond donors (Lipinski definition) is 1. The molecule has 0 aliphatic carbocycles. The Morgan fingerprint density at radius 1 is 1.24 bits per heavy atom. The Morgan fingerprint density at radius 2 is 1.95 bits per heavy atom. The van der Waals surface area contributed by atoms with Crippen molar-refractivity contribution in [2.45, 2.75) is 38.1 Å². The van der Waals surface area contributed by atoms with Crippen molar-refractivity contribution in [3.05, 3.63) is 30.2 Å². The topological polar surface area (TPSA) is 51.0 Å². The van der Waals surface area contributed by atoms with Crippen molar-refractivity contribution in [3.8, 4) is 11.4 Å². The number of nitrogens with zero attached hydrogens (tertiary/aromatic N) is 2. The van der Waals surface area contributed by atoms with Crippen LogP contribution < -0.4 is 5.32 Å². The van der Waals surface area contributed by atoms with Crippen LogP contribution in [0.25, 0.3) is 11.4 Å². The van der Waals surface area contributed by atoms with E-state index in [9.17, 15) is 0 Å². The summed E-state index contributed by atoms with van der Waals surface area (Å²) in [4.78, 5) is 5.77. The molecule has 114 valence electrons. The first kappa shape index (κ1) is 16.0. The summed E-state index contributed by atoms with van der Waals surface area (Å²) in [5, 5.41) is 7.38. The molecule has 1 heterocycles. The molecule has 0 amide bonds. The molecule has 0 aliphatic rings. The van der Waals surface area contributed by atoms with Gasteiger partial charge in [-0.05, 0) is 43.0 Å². The van der Waals surface area contributed by atoms with E-state index in [4.69, 9.17) is 4.52 Å². The second-order valence-corrected chi connectivity index (χ2v) is 6.65. The zero-order valence-corrected chi connectivity index (χ0v) is 13.9. The van der Waals surface area contributed by atoms with Gasteiger partial charge in [0.15, 0.2) is 0 Å². The van der Waals surface area contributed by atoms with Gasteiger partial charge in [0.05, 0.1) is 0 Å². The third-order valence-electron chi connectivity index (χ3n) is 3.46. The average Bonchev–Trinajstić information content (AvgIpc) is 2.94. The fourth-order valence-electron chi connectivity index (χ4n) is 2.18. The van der Waals surface area contributed by atoms with Crippen LogP contribution in [0.2, 0.25) is 0 Å². The van der Waals surface area contributed by atoms with Crippen LogP contribution in [0, 0.1) is 5.92 Å². The largest absolute Gasteiger partial charge is 0.339 e. The van der Waals surface area contributed by atoms with Crippen LogP contribution in [0.1, 0.15) is 26.7 Å². The van der Waals surface area contributed by atoms with Gasteiger partial charge in [0.1, 0.15) is 0 Å². The molecule has 1 unspecified atom stereocenters. The molecule has 2 rings (SSSR count). The molecule has 4 nitrogen and oxygen atoms in total. The lowest BCUT2D eigenvalue weighted by atomic mass is 10.0. The van der Waals surface area contributed by atoms with E-state index in [1.807, 2.05) is 30.9 Å². The smallest absolute Gasteiger partial charge is 0.228 e. The number of aromatic nitrogens is 2. The average molecular weight is 305 g/mol. The van der Waals surface area contributed by atoms with Crippen molar-refractivity contribution >= 4 is 11.8 Å². The molecule has 1 aromatic heterocycles. The van der Waals surface area contributed by atoms with Gasteiger partial charge in [-0.25, -0.2) is 0 Å². The second kappa shape index (κ2) is 7.61. The predicted octanol–water partition coefficient (Wildman–Crippen LogP) is 3.64. The van der Waals surface area contributed by atoms with Gasteiger partial charge in [-0.1, -0.05) is 25.9 Å². The van der Waals surface area contributed by atoms with Crippen molar-refractivity contribution in [3.63, 3.8) is 0 Å². The van der Waals surface area contributed by atoms with Crippen LogP contribution in [-0.4, -0.2) is 29.0 Å². The third kappa shape index (κ3) is 4.32. The molecule has 1 aromatic carbocycles. The number of hydrogen-bond acceptors (Lipinski definition) is 5. The van der Waals surface area contributed by atoms with Gasteiger partial charge >= 0.3 is 0 Å². The fourth-order valence-corrected chi connectivity index (χ4v) is 2.84. The molecule has 0 bridgehead atoms. The summed E-state index contributed by atoms with van der Waals surface area (Å²) in [6.45, 7) is 6.52. The number of benzene rings is 1.